The van der Waals surface area contributed by atoms with E-state index in [9.17, 15) is 4.79 Å². The fraction of sp³-hybridized carbons (Fsp3) is 0.100. The van der Waals surface area contributed by atoms with Gasteiger partial charge in [0, 0.05) is 12.1 Å². The van der Waals surface area contributed by atoms with Gasteiger partial charge in [-0.2, -0.15) is 0 Å². The van der Waals surface area contributed by atoms with E-state index in [4.69, 9.17) is 0 Å². The highest BCUT2D eigenvalue weighted by molar-refractivity contribution is 6.07. The summed E-state index contributed by atoms with van der Waals surface area (Å²) in [4.78, 5) is 16.0. The molecule has 0 N–H and O–H groups in total. The molecule has 0 heterocycles. The normalized spacial score (nSPS) is 12.0. The van der Waals surface area contributed by atoms with E-state index in [0.29, 0.717) is 6.54 Å². The Morgan fingerprint density at radius 1 is 0.656 bits per heavy atom. The van der Waals surface area contributed by atoms with Gasteiger partial charge in [0.25, 0.3) is 5.91 Å². The molecular formula is C30H25NO. The fourth-order valence-electron chi connectivity index (χ4n) is 4.51. The smallest absolute Gasteiger partial charge is 0.255 e. The molecule has 0 radical (unpaired) electrons. The van der Waals surface area contributed by atoms with Crippen LogP contribution >= 0.6 is 0 Å². The van der Waals surface area contributed by atoms with Gasteiger partial charge < -0.3 is 4.90 Å². The highest BCUT2D eigenvalue weighted by atomic mass is 16.2. The Morgan fingerprint density at radius 3 is 1.97 bits per heavy atom. The van der Waals surface area contributed by atoms with Gasteiger partial charge in [0.15, 0.2) is 0 Å². The highest BCUT2D eigenvalue weighted by Crippen LogP contribution is 2.31. The summed E-state index contributed by atoms with van der Waals surface area (Å²) in [6, 6.07) is 38.9. The van der Waals surface area contributed by atoms with Gasteiger partial charge in [0.1, 0.15) is 0 Å². The standard InChI is InChI=1S/C30H25NO/c1-22(26-19-9-15-24-13-5-7-17-27(24)26)31(21-23-11-3-2-4-12-23)30(32)29-20-10-16-25-14-6-8-18-28(25)29/h2-20,22H,21H2,1H3/t22-/m0/s1. The number of carbonyl (C=O) groups excluding carboxylic acids is 1. The van der Waals surface area contributed by atoms with E-state index in [2.05, 4.69) is 73.7 Å². The minimum absolute atomic E-state index is 0.0473. The molecule has 1 atom stereocenters. The van der Waals surface area contributed by atoms with Crippen LogP contribution in [0, 0.1) is 0 Å². The summed E-state index contributed by atoms with van der Waals surface area (Å²) < 4.78 is 0. The van der Waals surface area contributed by atoms with Crippen molar-refractivity contribution in [3.63, 3.8) is 0 Å². The van der Waals surface area contributed by atoms with E-state index in [1.54, 1.807) is 0 Å². The molecule has 0 unspecified atom stereocenters. The Bertz CT molecular complexity index is 1380. The van der Waals surface area contributed by atoms with Crippen LogP contribution in [0.3, 0.4) is 0 Å². The van der Waals surface area contributed by atoms with Crippen molar-refractivity contribution in [2.45, 2.75) is 19.5 Å². The van der Waals surface area contributed by atoms with Crippen molar-refractivity contribution in [2.24, 2.45) is 0 Å². The van der Waals surface area contributed by atoms with Crippen molar-refractivity contribution in [2.75, 3.05) is 0 Å². The maximum Gasteiger partial charge on any atom is 0.255 e. The van der Waals surface area contributed by atoms with Crippen molar-refractivity contribution in [1.29, 1.82) is 0 Å². The Morgan fingerprint density at radius 2 is 1.22 bits per heavy atom. The summed E-state index contributed by atoms with van der Waals surface area (Å²) in [7, 11) is 0. The van der Waals surface area contributed by atoms with E-state index in [1.807, 2.05) is 53.4 Å². The predicted molar refractivity (Wildman–Crippen MR) is 133 cm³/mol. The maximum absolute atomic E-state index is 14.0. The van der Waals surface area contributed by atoms with Gasteiger partial charge in [0.2, 0.25) is 0 Å². The molecule has 5 rings (SSSR count). The number of rotatable bonds is 5. The highest BCUT2D eigenvalue weighted by Gasteiger charge is 2.25. The SMILES string of the molecule is C[C@@H](c1cccc2ccccc12)N(Cc1ccccc1)C(=O)c1cccc2ccccc12. The lowest BCUT2D eigenvalue weighted by Gasteiger charge is -2.31. The number of hydrogen-bond acceptors (Lipinski definition) is 1. The number of nitrogens with zero attached hydrogens (tertiary/aromatic N) is 1. The first kappa shape index (κ1) is 20.0. The Hall–Kier alpha value is -3.91. The van der Waals surface area contributed by atoms with E-state index >= 15 is 0 Å². The lowest BCUT2D eigenvalue weighted by atomic mass is 9.96. The minimum Gasteiger partial charge on any atom is -0.328 e. The van der Waals surface area contributed by atoms with E-state index in [-0.39, 0.29) is 11.9 Å². The van der Waals surface area contributed by atoms with Crippen LogP contribution in [0.2, 0.25) is 0 Å². The molecule has 5 aromatic rings. The number of benzene rings is 5. The van der Waals surface area contributed by atoms with E-state index in [0.717, 1.165) is 27.5 Å². The van der Waals surface area contributed by atoms with Crippen LogP contribution in [-0.4, -0.2) is 10.8 Å². The van der Waals surface area contributed by atoms with E-state index in [1.165, 1.54) is 10.8 Å². The van der Waals surface area contributed by atoms with Gasteiger partial charge in [0.05, 0.1) is 6.04 Å². The van der Waals surface area contributed by atoms with Crippen LogP contribution in [-0.2, 0) is 6.54 Å². The largest absolute Gasteiger partial charge is 0.328 e. The monoisotopic (exact) mass is 415 g/mol. The zero-order valence-corrected chi connectivity index (χ0v) is 18.1. The summed E-state index contributed by atoms with van der Waals surface area (Å²) in [6.07, 6.45) is 0. The van der Waals surface area contributed by atoms with Gasteiger partial charge in [-0.05, 0) is 45.7 Å². The van der Waals surface area contributed by atoms with Crippen molar-refractivity contribution in [3.05, 3.63) is 132 Å². The molecule has 0 aliphatic rings. The second kappa shape index (κ2) is 8.68. The third-order valence-electron chi connectivity index (χ3n) is 6.22. The van der Waals surface area contributed by atoms with Crippen molar-refractivity contribution in [3.8, 4) is 0 Å². The molecule has 0 bridgehead atoms. The maximum atomic E-state index is 14.0. The van der Waals surface area contributed by atoms with Crippen LogP contribution in [0.4, 0.5) is 0 Å². The second-order valence-corrected chi connectivity index (χ2v) is 8.19. The summed E-state index contributed by atoms with van der Waals surface area (Å²) >= 11 is 0. The molecule has 1 amide bonds. The zero-order chi connectivity index (χ0) is 21.9. The van der Waals surface area contributed by atoms with Crippen LogP contribution in [0.5, 0.6) is 0 Å². The topological polar surface area (TPSA) is 20.3 Å². The lowest BCUT2D eigenvalue weighted by Crippen LogP contribution is -2.33. The molecular weight excluding hydrogens is 390 g/mol. The molecule has 2 heteroatoms. The Labute approximate surface area is 188 Å². The predicted octanol–water partition coefficient (Wildman–Crippen LogP) is 7.40. The summed E-state index contributed by atoms with van der Waals surface area (Å²) in [5.74, 6) is 0.0473. The molecule has 156 valence electrons. The fourth-order valence-corrected chi connectivity index (χ4v) is 4.51. The Balaban J connectivity index is 1.62. The molecule has 0 aliphatic carbocycles. The average Bonchev–Trinajstić information content (AvgIpc) is 2.86. The first-order valence-electron chi connectivity index (χ1n) is 11.0. The zero-order valence-electron chi connectivity index (χ0n) is 18.1. The first-order valence-corrected chi connectivity index (χ1v) is 11.0. The van der Waals surface area contributed by atoms with Gasteiger partial charge in [-0.3, -0.25) is 4.79 Å². The van der Waals surface area contributed by atoms with Crippen LogP contribution in [0.1, 0.15) is 34.5 Å². The average molecular weight is 416 g/mol. The molecule has 0 fully saturated rings. The molecule has 32 heavy (non-hydrogen) atoms. The third-order valence-corrected chi connectivity index (χ3v) is 6.22. The molecule has 0 aliphatic heterocycles. The summed E-state index contributed by atoms with van der Waals surface area (Å²) in [5.41, 5.74) is 3.02. The van der Waals surface area contributed by atoms with Crippen molar-refractivity contribution < 1.29 is 4.79 Å². The minimum atomic E-state index is -0.0900. The van der Waals surface area contributed by atoms with Crippen molar-refractivity contribution in [1.82, 2.24) is 4.90 Å². The molecule has 5 aromatic carbocycles. The molecule has 0 aromatic heterocycles. The quantitative estimate of drug-likeness (QED) is 0.293. The number of amides is 1. The van der Waals surface area contributed by atoms with Crippen LogP contribution < -0.4 is 0 Å². The summed E-state index contributed by atoms with van der Waals surface area (Å²) in [6.45, 7) is 2.68. The van der Waals surface area contributed by atoms with Gasteiger partial charge in [-0.1, -0.05) is 109 Å². The molecule has 0 spiro atoms. The Kier molecular flexibility index (Phi) is 5.43. The van der Waals surface area contributed by atoms with Gasteiger partial charge in [-0.25, -0.2) is 0 Å². The number of fused-ring (bicyclic) bond motifs is 2. The summed E-state index contributed by atoms with van der Waals surface area (Å²) in [5, 5.41) is 4.44. The lowest BCUT2D eigenvalue weighted by molar-refractivity contribution is 0.0677. The second-order valence-electron chi connectivity index (χ2n) is 8.19. The molecule has 0 saturated heterocycles. The molecule has 2 nitrogen and oxygen atoms in total. The number of carbonyl (C=O) groups is 1. The third kappa shape index (κ3) is 3.76. The van der Waals surface area contributed by atoms with E-state index < -0.39 is 0 Å². The van der Waals surface area contributed by atoms with Crippen LogP contribution in [0.15, 0.2) is 115 Å². The molecule has 0 saturated carbocycles. The van der Waals surface area contributed by atoms with Gasteiger partial charge >= 0.3 is 0 Å². The van der Waals surface area contributed by atoms with Crippen LogP contribution in [0.25, 0.3) is 21.5 Å². The first-order chi connectivity index (χ1) is 15.7. The van der Waals surface area contributed by atoms with Gasteiger partial charge in [-0.15, -0.1) is 0 Å². The number of hydrogen-bond donors (Lipinski definition) is 0. The van der Waals surface area contributed by atoms with Crippen molar-refractivity contribution >= 4 is 27.5 Å².